The minimum absolute atomic E-state index is 0.0977. The lowest BCUT2D eigenvalue weighted by atomic mass is 9.98. The van der Waals surface area contributed by atoms with Crippen molar-refractivity contribution in [3.8, 4) is 0 Å². The first-order valence-corrected chi connectivity index (χ1v) is 5.14. The quantitative estimate of drug-likeness (QED) is 0.674. The van der Waals surface area contributed by atoms with Gasteiger partial charge in [0.25, 0.3) is 0 Å². The Morgan fingerprint density at radius 1 is 1.50 bits per heavy atom. The van der Waals surface area contributed by atoms with E-state index in [2.05, 4.69) is 31.0 Å². The molecule has 4 nitrogen and oxygen atoms in total. The molecule has 0 aromatic carbocycles. The first-order valence-electron chi connectivity index (χ1n) is 5.14. The van der Waals surface area contributed by atoms with Crippen LogP contribution in [0.25, 0.3) is 0 Å². The fraction of sp³-hybridized carbons (Fsp3) is 0.900. The second-order valence-corrected chi connectivity index (χ2v) is 4.91. The summed E-state index contributed by atoms with van der Waals surface area (Å²) >= 11 is 0. The highest BCUT2D eigenvalue weighted by molar-refractivity contribution is 5.64. The summed E-state index contributed by atoms with van der Waals surface area (Å²) in [5.74, 6) is 0. The normalized spacial score (nSPS) is 24.6. The number of likely N-dealkylation sites (tertiary alicyclic amines) is 1. The minimum Gasteiger partial charge on any atom is -0.465 e. The molecule has 1 aliphatic rings. The Balaban J connectivity index is 2.48. The van der Waals surface area contributed by atoms with Crippen LogP contribution in [0, 0.1) is 0 Å². The van der Waals surface area contributed by atoms with E-state index in [-0.39, 0.29) is 11.6 Å². The molecule has 0 spiro atoms. The van der Waals surface area contributed by atoms with Gasteiger partial charge in [-0.2, -0.15) is 0 Å². The van der Waals surface area contributed by atoms with Gasteiger partial charge in [-0.1, -0.05) is 0 Å². The highest BCUT2D eigenvalue weighted by Gasteiger charge is 2.28. The number of rotatable bonds is 1. The SMILES string of the molecule is CC(C)(C)N1CCC[C@H](NC(=O)O)C1. The first kappa shape index (κ1) is 11.3. The summed E-state index contributed by atoms with van der Waals surface area (Å²) < 4.78 is 0. The molecule has 0 aromatic heterocycles. The summed E-state index contributed by atoms with van der Waals surface area (Å²) in [6.45, 7) is 8.39. The zero-order valence-electron chi connectivity index (χ0n) is 9.21. The van der Waals surface area contributed by atoms with E-state index in [4.69, 9.17) is 5.11 Å². The summed E-state index contributed by atoms with van der Waals surface area (Å²) in [5, 5.41) is 11.2. The zero-order valence-corrected chi connectivity index (χ0v) is 9.21. The van der Waals surface area contributed by atoms with Gasteiger partial charge in [0.2, 0.25) is 0 Å². The van der Waals surface area contributed by atoms with Gasteiger partial charge in [-0.15, -0.1) is 0 Å². The van der Waals surface area contributed by atoms with Gasteiger partial charge in [-0.05, 0) is 40.2 Å². The molecule has 0 unspecified atom stereocenters. The van der Waals surface area contributed by atoms with Gasteiger partial charge in [0, 0.05) is 18.1 Å². The van der Waals surface area contributed by atoms with Crippen molar-refractivity contribution >= 4 is 6.09 Å². The number of carbonyl (C=O) groups is 1. The summed E-state index contributed by atoms with van der Waals surface area (Å²) in [6, 6.07) is 0.0977. The van der Waals surface area contributed by atoms with E-state index >= 15 is 0 Å². The van der Waals surface area contributed by atoms with Crippen molar-refractivity contribution in [2.75, 3.05) is 13.1 Å². The molecule has 1 heterocycles. The fourth-order valence-corrected chi connectivity index (χ4v) is 1.88. The van der Waals surface area contributed by atoms with Crippen LogP contribution in [0.2, 0.25) is 0 Å². The second kappa shape index (κ2) is 4.17. The molecule has 0 radical (unpaired) electrons. The third kappa shape index (κ3) is 3.18. The number of nitrogens with one attached hydrogen (secondary N) is 1. The van der Waals surface area contributed by atoms with E-state index < -0.39 is 6.09 Å². The average molecular weight is 200 g/mol. The van der Waals surface area contributed by atoms with Crippen molar-refractivity contribution in [1.29, 1.82) is 0 Å². The molecule has 4 heteroatoms. The summed E-state index contributed by atoms with van der Waals surface area (Å²) in [5.41, 5.74) is 0.138. The standard InChI is InChI=1S/C10H20N2O2/c1-10(2,3)12-6-4-5-8(7-12)11-9(13)14/h8,11H,4-7H2,1-3H3,(H,13,14)/t8-/m0/s1. The Morgan fingerprint density at radius 2 is 2.14 bits per heavy atom. The van der Waals surface area contributed by atoms with Crippen LogP contribution in [-0.4, -0.2) is 40.8 Å². The van der Waals surface area contributed by atoms with Crippen LogP contribution in [0.5, 0.6) is 0 Å². The molecule has 0 aromatic rings. The number of piperidine rings is 1. The maximum atomic E-state index is 10.5. The highest BCUT2D eigenvalue weighted by Crippen LogP contribution is 2.19. The maximum Gasteiger partial charge on any atom is 0.404 e. The Labute approximate surface area is 85.3 Å². The highest BCUT2D eigenvalue weighted by atomic mass is 16.4. The van der Waals surface area contributed by atoms with Crippen molar-refractivity contribution in [1.82, 2.24) is 10.2 Å². The van der Waals surface area contributed by atoms with E-state index in [1.54, 1.807) is 0 Å². The molecule has 1 fully saturated rings. The van der Waals surface area contributed by atoms with E-state index in [9.17, 15) is 4.79 Å². The third-order valence-corrected chi connectivity index (χ3v) is 2.70. The van der Waals surface area contributed by atoms with E-state index in [1.807, 2.05) is 0 Å². The summed E-state index contributed by atoms with van der Waals surface area (Å²) in [4.78, 5) is 12.8. The molecular weight excluding hydrogens is 180 g/mol. The van der Waals surface area contributed by atoms with Crippen LogP contribution < -0.4 is 5.32 Å². The van der Waals surface area contributed by atoms with Crippen molar-refractivity contribution in [2.45, 2.75) is 45.2 Å². The molecule has 0 bridgehead atoms. The third-order valence-electron chi connectivity index (χ3n) is 2.70. The van der Waals surface area contributed by atoms with Crippen LogP contribution in [-0.2, 0) is 0 Å². The molecule has 1 rings (SSSR count). The average Bonchev–Trinajstić information content (AvgIpc) is 2.01. The van der Waals surface area contributed by atoms with Crippen LogP contribution in [0.4, 0.5) is 4.79 Å². The number of nitrogens with zero attached hydrogens (tertiary/aromatic N) is 1. The van der Waals surface area contributed by atoms with Crippen LogP contribution >= 0.6 is 0 Å². The molecule has 82 valence electrons. The van der Waals surface area contributed by atoms with E-state index in [0.717, 1.165) is 25.9 Å². The first-order chi connectivity index (χ1) is 6.39. The Morgan fingerprint density at radius 3 is 2.64 bits per heavy atom. The fourth-order valence-electron chi connectivity index (χ4n) is 1.88. The summed E-state index contributed by atoms with van der Waals surface area (Å²) in [6.07, 6.45) is 1.12. The number of hydrogen-bond acceptors (Lipinski definition) is 2. The number of carboxylic acid groups (broad SMARTS) is 1. The predicted octanol–water partition coefficient (Wildman–Crippen LogP) is 1.52. The van der Waals surface area contributed by atoms with Crippen LogP contribution in [0.1, 0.15) is 33.6 Å². The molecule has 2 N–H and O–H groups in total. The molecular formula is C10H20N2O2. The smallest absolute Gasteiger partial charge is 0.404 e. The van der Waals surface area contributed by atoms with Gasteiger partial charge in [0.1, 0.15) is 0 Å². The molecule has 1 aliphatic heterocycles. The van der Waals surface area contributed by atoms with Crippen LogP contribution in [0.15, 0.2) is 0 Å². The van der Waals surface area contributed by atoms with Gasteiger partial charge in [0.15, 0.2) is 0 Å². The van der Waals surface area contributed by atoms with Gasteiger partial charge in [-0.25, -0.2) is 4.79 Å². The second-order valence-electron chi connectivity index (χ2n) is 4.91. The van der Waals surface area contributed by atoms with E-state index in [1.165, 1.54) is 0 Å². The number of hydrogen-bond donors (Lipinski definition) is 2. The molecule has 1 atom stereocenters. The number of amides is 1. The largest absolute Gasteiger partial charge is 0.465 e. The topological polar surface area (TPSA) is 52.6 Å². The lowest BCUT2D eigenvalue weighted by molar-refractivity contribution is 0.0891. The van der Waals surface area contributed by atoms with Gasteiger partial charge in [-0.3, -0.25) is 4.90 Å². The molecule has 1 amide bonds. The summed E-state index contributed by atoms with van der Waals surface area (Å²) in [7, 11) is 0. The molecule has 0 aliphatic carbocycles. The van der Waals surface area contributed by atoms with E-state index in [0.29, 0.717) is 0 Å². The maximum absolute atomic E-state index is 10.5. The Kier molecular flexibility index (Phi) is 3.37. The van der Waals surface area contributed by atoms with Crippen molar-refractivity contribution in [3.05, 3.63) is 0 Å². The van der Waals surface area contributed by atoms with Crippen molar-refractivity contribution in [2.24, 2.45) is 0 Å². The molecule has 14 heavy (non-hydrogen) atoms. The van der Waals surface area contributed by atoms with Gasteiger partial charge in [0.05, 0.1) is 0 Å². The lowest BCUT2D eigenvalue weighted by Crippen LogP contribution is -2.53. The minimum atomic E-state index is -0.911. The molecule has 0 saturated carbocycles. The van der Waals surface area contributed by atoms with Crippen molar-refractivity contribution in [3.63, 3.8) is 0 Å². The zero-order chi connectivity index (χ0) is 10.8. The van der Waals surface area contributed by atoms with Gasteiger partial charge < -0.3 is 10.4 Å². The Bertz CT molecular complexity index is 211. The van der Waals surface area contributed by atoms with Crippen LogP contribution in [0.3, 0.4) is 0 Å². The predicted molar refractivity (Wildman–Crippen MR) is 55.5 cm³/mol. The van der Waals surface area contributed by atoms with Gasteiger partial charge >= 0.3 is 6.09 Å². The Hall–Kier alpha value is -0.770. The van der Waals surface area contributed by atoms with Crippen molar-refractivity contribution < 1.29 is 9.90 Å². The monoisotopic (exact) mass is 200 g/mol. The molecule has 1 saturated heterocycles. The lowest BCUT2D eigenvalue weighted by Gasteiger charge is -2.41.